The summed E-state index contributed by atoms with van der Waals surface area (Å²) >= 11 is 6.00. The molecule has 0 aliphatic heterocycles. The molecule has 2 aromatic carbocycles. The molecule has 4 nitrogen and oxygen atoms in total. The van der Waals surface area contributed by atoms with Gasteiger partial charge in [-0.3, -0.25) is 4.79 Å². The van der Waals surface area contributed by atoms with Crippen molar-refractivity contribution in [3.8, 4) is 16.9 Å². The molecule has 3 aromatic rings. The molecule has 1 unspecified atom stereocenters. The van der Waals surface area contributed by atoms with Crippen LogP contribution in [0.15, 0.2) is 60.7 Å². The van der Waals surface area contributed by atoms with Crippen LogP contribution in [0.4, 0.5) is 0 Å². The zero-order valence-electron chi connectivity index (χ0n) is 15.1. The van der Waals surface area contributed by atoms with Gasteiger partial charge in [-0.2, -0.15) is 5.10 Å². The third-order valence-electron chi connectivity index (χ3n) is 4.44. The van der Waals surface area contributed by atoms with Gasteiger partial charge in [-0.25, -0.2) is 4.68 Å². The highest BCUT2D eigenvalue weighted by molar-refractivity contribution is 6.30. The minimum Gasteiger partial charge on any atom is -0.348 e. The molecular weight excluding hydrogens is 346 g/mol. The van der Waals surface area contributed by atoms with Gasteiger partial charge in [0.2, 0.25) is 0 Å². The van der Waals surface area contributed by atoms with E-state index in [1.54, 1.807) is 16.8 Å². The molecule has 1 amide bonds. The standard InChI is InChI=1S/C21H22ClN3O/c1-14(2)15(3)23-21(26)20-13-19(16-7-5-4-6-8-16)24-25(20)18-11-9-17(22)10-12-18/h4-15H,1-3H3,(H,23,26). The van der Waals surface area contributed by atoms with Gasteiger partial charge in [-0.15, -0.1) is 0 Å². The average Bonchev–Trinajstić information content (AvgIpc) is 3.08. The SMILES string of the molecule is CC(C)C(C)NC(=O)c1cc(-c2ccccc2)nn1-c1ccc(Cl)cc1. The van der Waals surface area contributed by atoms with Gasteiger partial charge in [-0.05, 0) is 43.2 Å². The van der Waals surface area contributed by atoms with Crippen LogP contribution in [0.2, 0.25) is 5.02 Å². The second-order valence-electron chi connectivity index (χ2n) is 6.68. The molecule has 134 valence electrons. The first-order valence-electron chi connectivity index (χ1n) is 8.68. The van der Waals surface area contributed by atoms with Crippen LogP contribution in [-0.2, 0) is 0 Å². The molecule has 3 rings (SSSR count). The number of aromatic nitrogens is 2. The Hall–Kier alpha value is -2.59. The maximum atomic E-state index is 12.9. The van der Waals surface area contributed by atoms with Crippen molar-refractivity contribution in [2.24, 2.45) is 5.92 Å². The summed E-state index contributed by atoms with van der Waals surface area (Å²) < 4.78 is 1.67. The Morgan fingerprint density at radius 1 is 1.04 bits per heavy atom. The van der Waals surface area contributed by atoms with Crippen LogP contribution in [0.1, 0.15) is 31.3 Å². The first-order chi connectivity index (χ1) is 12.5. The van der Waals surface area contributed by atoms with Crippen LogP contribution < -0.4 is 5.32 Å². The van der Waals surface area contributed by atoms with E-state index in [9.17, 15) is 4.79 Å². The number of benzene rings is 2. The van der Waals surface area contributed by atoms with Gasteiger partial charge >= 0.3 is 0 Å². The van der Waals surface area contributed by atoms with Gasteiger partial charge in [0.05, 0.1) is 11.4 Å². The zero-order valence-corrected chi connectivity index (χ0v) is 15.9. The van der Waals surface area contributed by atoms with Crippen LogP contribution in [0.25, 0.3) is 16.9 Å². The van der Waals surface area contributed by atoms with Crippen molar-refractivity contribution in [2.45, 2.75) is 26.8 Å². The van der Waals surface area contributed by atoms with E-state index in [0.717, 1.165) is 16.9 Å². The first-order valence-corrected chi connectivity index (χ1v) is 9.06. The minimum absolute atomic E-state index is 0.0660. The summed E-state index contributed by atoms with van der Waals surface area (Å²) in [5.74, 6) is 0.204. The molecule has 26 heavy (non-hydrogen) atoms. The Morgan fingerprint density at radius 3 is 2.31 bits per heavy atom. The summed E-state index contributed by atoms with van der Waals surface area (Å²) in [7, 11) is 0. The molecule has 0 saturated carbocycles. The van der Waals surface area contributed by atoms with E-state index in [4.69, 9.17) is 11.6 Å². The number of amides is 1. The number of nitrogens with one attached hydrogen (secondary N) is 1. The number of carbonyl (C=O) groups is 1. The van der Waals surface area contributed by atoms with Gasteiger partial charge in [0, 0.05) is 16.6 Å². The van der Waals surface area contributed by atoms with E-state index >= 15 is 0 Å². The maximum absolute atomic E-state index is 12.9. The molecule has 0 aliphatic rings. The summed E-state index contributed by atoms with van der Waals surface area (Å²) in [6.45, 7) is 6.16. The fraction of sp³-hybridized carbons (Fsp3) is 0.238. The predicted molar refractivity (Wildman–Crippen MR) is 106 cm³/mol. The highest BCUT2D eigenvalue weighted by atomic mass is 35.5. The average molecular weight is 368 g/mol. The fourth-order valence-electron chi connectivity index (χ4n) is 2.52. The van der Waals surface area contributed by atoms with E-state index in [2.05, 4.69) is 24.3 Å². The quantitative estimate of drug-likeness (QED) is 0.692. The molecule has 1 heterocycles. The zero-order chi connectivity index (χ0) is 18.7. The van der Waals surface area contributed by atoms with Crippen molar-refractivity contribution >= 4 is 17.5 Å². The number of hydrogen-bond donors (Lipinski definition) is 1. The monoisotopic (exact) mass is 367 g/mol. The summed E-state index contributed by atoms with van der Waals surface area (Å²) in [4.78, 5) is 12.9. The molecule has 1 atom stereocenters. The van der Waals surface area contributed by atoms with Gasteiger partial charge in [0.1, 0.15) is 5.69 Å². The Labute approximate surface area is 158 Å². The number of halogens is 1. The molecule has 1 N–H and O–H groups in total. The summed E-state index contributed by atoms with van der Waals surface area (Å²) in [5, 5.41) is 8.36. The lowest BCUT2D eigenvalue weighted by Crippen LogP contribution is -2.37. The maximum Gasteiger partial charge on any atom is 0.270 e. The summed E-state index contributed by atoms with van der Waals surface area (Å²) in [5.41, 5.74) is 3.01. The molecule has 0 bridgehead atoms. The number of nitrogens with zero attached hydrogens (tertiary/aromatic N) is 2. The molecule has 1 aromatic heterocycles. The molecule has 0 saturated heterocycles. The van der Waals surface area contributed by atoms with Gasteiger partial charge in [0.25, 0.3) is 5.91 Å². The third-order valence-corrected chi connectivity index (χ3v) is 4.69. The lowest BCUT2D eigenvalue weighted by molar-refractivity contribution is 0.0922. The van der Waals surface area contributed by atoms with Gasteiger partial charge < -0.3 is 5.32 Å². The number of hydrogen-bond acceptors (Lipinski definition) is 2. The van der Waals surface area contributed by atoms with Crippen LogP contribution in [0.3, 0.4) is 0 Å². The van der Waals surface area contributed by atoms with Crippen LogP contribution in [0, 0.1) is 5.92 Å². The van der Waals surface area contributed by atoms with Crippen LogP contribution in [0.5, 0.6) is 0 Å². The van der Waals surface area contributed by atoms with Crippen molar-refractivity contribution < 1.29 is 4.79 Å². The number of carbonyl (C=O) groups excluding carboxylic acids is 1. The number of rotatable bonds is 5. The van der Waals surface area contributed by atoms with Crippen LogP contribution >= 0.6 is 11.6 Å². The van der Waals surface area contributed by atoms with Crippen molar-refractivity contribution in [2.75, 3.05) is 0 Å². The Balaban J connectivity index is 2.04. The lowest BCUT2D eigenvalue weighted by Gasteiger charge is -2.17. The van der Waals surface area contributed by atoms with E-state index in [0.29, 0.717) is 16.6 Å². The Kier molecular flexibility index (Phi) is 5.43. The fourth-order valence-corrected chi connectivity index (χ4v) is 2.65. The predicted octanol–water partition coefficient (Wildman–Crippen LogP) is 4.97. The highest BCUT2D eigenvalue weighted by Crippen LogP contribution is 2.22. The molecule has 5 heteroatoms. The molecule has 0 radical (unpaired) electrons. The van der Waals surface area contributed by atoms with Gasteiger partial charge in [-0.1, -0.05) is 55.8 Å². The normalized spacial score (nSPS) is 12.2. The topological polar surface area (TPSA) is 46.9 Å². The van der Waals surface area contributed by atoms with Crippen LogP contribution in [-0.4, -0.2) is 21.7 Å². The van der Waals surface area contributed by atoms with E-state index in [-0.39, 0.29) is 11.9 Å². The minimum atomic E-state index is -0.143. The Bertz CT molecular complexity index is 885. The third kappa shape index (κ3) is 3.97. The second kappa shape index (κ2) is 7.75. The first kappa shape index (κ1) is 18.2. The van der Waals surface area contributed by atoms with Crippen molar-refractivity contribution in [3.63, 3.8) is 0 Å². The van der Waals surface area contributed by atoms with Crippen molar-refractivity contribution in [1.82, 2.24) is 15.1 Å². The Morgan fingerprint density at radius 2 is 1.69 bits per heavy atom. The second-order valence-corrected chi connectivity index (χ2v) is 7.11. The highest BCUT2D eigenvalue weighted by Gasteiger charge is 2.20. The van der Waals surface area contributed by atoms with E-state index in [1.165, 1.54) is 0 Å². The molecule has 0 aliphatic carbocycles. The van der Waals surface area contributed by atoms with E-state index < -0.39 is 0 Å². The van der Waals surface area contributed by atoms with E-state index in [1.807, 2.05) is 55.5 Å². The van der Waals surface area contributed by atoms with Crippen molar-refractivity contribution in [1.29, 1.82) is 0 Å². The summed E-state index contributed by atoms with van der Waals surface area (Å²) in [6, 6.07) is 19.0. The van der Waals surface area contributed by atoms with Gasteiger partial charge in [0.15, 0.2) is 0 Å². The molecular formula is C21H22ClN3O. The lowest BCUT2D eigenvalue weighted by atomic mass is 10.1. The largest absolute Gasteiger partial charge is 0.348 e. The molecule has 0 fully saturated rings. The van der Waals surface area contributed by atoms with Crippen molar-refractivity contribution in [3.05, 3.63) is 71.4 Å². The molecule has 0 spiro atoms. The summed E-state index contributed by atoms with van der Waals surface area (Å²) in [6.07, 6.45) is 0. The smallest absolute Gasteiger partial charge is 0.270 e.